The van der Waals surface area contributed by atoms with Gasteiger partial charge in [-0.05, 0) is 30.7 Å². The number of rotatable bonds is 2. The molecule has 0 radical (unpaired) electrons. The van der Waals surface area contributed by atoms with Crippen molar-refractivity contribution in [2.75, 3.05) is 16.4 Å². The largest absolute Gasteiger partial charge is 0.309 e. The first-order valence-electron chi connectivity index (χ1n) is 5.65. The van der Waals surface area contributed by atoms with Gasteiger partial charge in [-0.25, -0.2) is 8.42 Å². The van der Waals surface area contributed by atoms with Crippen LogP contribution in [0.25, 0.3) is 0 Å². The quantitative estimate of drug-likeness (QED) is 0.834. The lowest BCUT2D eigenvalue weighted by Gasteiger charge is -2.27. The van der Waals surface area contributed by atoms with Crippen LogP contribution in [0.2, 0.25) is 5.02 Å². The topological polar surface area (TPSA) is 54.5 Å². The molecule has 0 N–H and O–H groups in total. The summed E-state index contributed by atoms with van der Waals surface area (Å²) in [7, 11) is -3.01. The number of carbonyl (C=O) groups excluding carboxylic acids is 1. The maximum Gasteiger partial charge on any atom is 0.224 e. The van der Waals surface area contributed by atoms with E-state index in [2.05, 4.69) is 0 Å². The summed E-state index contributed by atoms with van der Waals surface area (Å²) in [5, 5.41) is 0.585. The Morgan fingerprint density at radius 2 is 1.94 bits per heavy atom. The normalized spacial score (nSPS) is 21.8. The molecular weight excluding hydrogens is 274 g/mol. The first-order chi connectivity index (χ1) is 8.39. The first kappa shape index (κ1) is 13.4. The van der Waals surface area contributed by atoms with Gasteiger partial charge in [0.15, 0.2) is 9.84 Å². The van der Waals surface area contributed by atoms with Crippen molar-refractivity contribution in [3.8, 4) is 0 Å². The zero-order chi connectivity index (χ0) is 13.3. The second kappa shape index (κ2) is 4.90. The Bertz CT molecular complexity index is 553. The first-order valence-corrected chi connectivity index (χ1v) is 7.85. The molecule has 1 aliphatic rings. The molecule has 1 heterocycles. The summed E-state index contributed by atoms with van der Waals surface area (Å²) in [5.74, 6) is 0.0315. The smallest absolute Gasteiger partial charge is 0.224 e. The Balaban J connectivity index is 2.30. The number of anilines is 1. The molecule has 1 fully saturated rings. The Labute approximate surface area is 111 Å². The number of nitrogens with zero attached hydrogens (tertiary/aromatic N) is 1. The number of halogens is 1. The van der Waals surface area contributed by atoms with Gasteiger partial charge >= 0.3 is 0 Å². The van der Waals surface area contributed by atoms with Gasteiger partial charge in [0, 0.05) is 17.6 Å². The van der Waals surface area contributed by atoms with Gasteiger partial charge in [0.2, 0.25) is 5.91 Å². The average Bonchev–Trinajstić information content (AvgIpc) is 2.61. The van der Waals surface area contributed by atoms with Crippen molar-refractivity contribution in [1.82, 2.24) is 0 Å². The summed E-state index contributed by atoms with van der Waals surface area (Å²) in [5.41, 5.74) is 0.689. The Morgan fingerprint density at radius 3 is 2.39 bits per heavy atom. The molecule has 0 aliphatic carbocycles. The maximum atomic E-state index is 11.7. The van der Waals surface area contributed by atoms with Crippen LogP contribution in [-0.4, -0.2) is 31.9 Å². The predicted octanol–water partition coefficient (Wildman–Crippen LogP) is 1.88. The number of sulfone groups is 1. The van der Waals surface area contributed by atoms with E-state index in [-0.39, 0.29) is 23.5 Å². The molecule has 4 nitrogen and oxygen atoms in total. The van der Waals surface area contributed by atoms with Crippen molar-refractivity contribution in [3.05, 3.63) is 29.3 Å². The van der Waals surface area contributed by atoms with E-state index >= 15 is 0 Å². The second-order valence-corrected chi connectivity index (χ2v) is 7.09. The second-order valence-electron chi connectivity index (χ2n) is 4.42. The Morgan fingerprint density at radius 1 is 1.33 bits per heavy atom. The van der Waals surface area contributed by atoms with E-state index < -0.39 is 9.84 Å². The van der Waals surface area contributed by atoms with Crippen LogP contribution in [0.5, 0.6) is 0 Å². The zero-order valence-corrected chi connectivity index (χ0v) is 11.5. The molecular formula is C12H14ClNO3S. The van der Waals surface area contributed by atoms with Crippen LogP contribution in [0.1, 0.15) is 13.3 Å². The standard InChI is InChI=1S/C12H14ClNO3S/c1-9(15)14(11-4-2-10(13)3-5-11)12-6-7-18(16,17)8-12/h2-5,12H,6-8H2,1H3. The highest BCUT2D eigenvalue weighted by Gasteiger charge is 2.34. The van der Waals surface area contributed by atoms with Crippen molar-refractivity contribution in [2.45, 2.75) is 19.4 Å². The van der Waals surface area contributed by atoms with E-state index in [1.807, 2.05) is 0 Å². The van der Waals surface area contributed by atoms with Gasteiger partial charge in [0.1, 0.15) is 0 Å². The van der Waals surface area contributed by atoms with Gasteiger partial charge in [0.25, 0.3) is 0 Å². The van der Waals surface area contributed by atoms with Crippen LogP contribution in [0.15, 0.2) is 24.3 Å². The summed E-state index contributed by atoms with van der Waals surface area (Å²) >= 11 is 5.80. The third-order valence-electron chi connectivity index (χ3n) is 3.02. The monoisotopic (exact) mass is 287 g/mol. The summed E-state index contributed by atoms with van der Waals surface area (Å²) in [6, 6.07) is 6.57. The zero-order valence-electron chi connectivity index (χ0n) is 9.97. The molecule has 18 heavy (non-hydrogen) atoms. The molecule has 0 spiro atoms. The molecule has 1 unspecified atom stereocenters. The number of benzene rings is 1. The van der Waals surface area contributed by atoms with E-state index in [0.717, 1.165) is 0 Å². The predicted molar refractivity (Wildman–Crippen MR) is 71.7 cm³/mol. The lowest BCUT2D eigenvalue weighted by Crippen LogP contribution is -2.39. The fraction of sp³-hybridized carbons (Fsp3) is 0.417. The molecule has 1 atom stereocenters. The summed E-state index contributed by atoms with van der Waals surface area (Å²) in [6.07, 6.45) is 0.491. The van der Waals surface area contributed by atoms with E-state index in [1.165, 1.54) is 6.92 Å². The van der Waals surface area contributed by atoms with Crippen molar-refractivity contribution >= 4 is 33.0 Å². The molecule has 0 aromatic heterocycles. The fourth-order valence-corrected chi connectivity index (χ4v) is 4.06. The SMILES string of the molecule is CC(=O)N(c1ccc(Cl)cc1)C1CCS(=O)(=O)C1. The fourth-order valence-electron chi connectivity index (χ4n) is 2.23. The summed E-state index contributed by atoms with van der Waals surface area (Å²) in [6.45, 7) is 1.44. The number of amides is 1. The maximum absolute atomic E-state index is 11.7. The van der Waals surface area contributed by atoms with E-state index in [9.17, 15) is 13.2 Å². The van der Waals surface area contributed by atoms with Crippen LogP contribution in [0, 0.1) is 0 Å². The minimum absolute atomic E-state index is 0.0369. The van der Waals surface area contributed by atoms with Crippen LogP contribution in [-0.2, 0) is 14.6 Å². The molecule has 1 amide bonds. The highest BCUT2D eigenvalue weighted by molar-refractivity contribution is 7.91. The van der Waals surface area contributed by atoms with Gasteiger partial charge in [-0.3, -0.25) is 4.79 Å². The number of hydrogen-bond donors (Lipinski definition) is 0. The van der Waals surface area contributed by atoms with Crippen molar-refractivity contribution < 1.29 is 13.2 Å². The molecule has 1 aromatic carbocycles. The molecule has 98 valence electrons. The molecule has 0 saturated carbocycles. The van der Waals surface area contributed by atoms with Crippen LogP contribution >= 0.6 is 11.6 Å². The van der Waals surface area contributed by atoms with Gasteiger partial charge in [-0.1, -0.05) is 11.6 Å². The van der Waals surface area contributed by atoms with Crippen LogP contribution in [0.4, 0.5) is 5.69 Å². The van der Waals surface area contributed by atoms with Crippen LogP contribution in [0.3, 0.4) is 0 Å². The van der Waals surface area contributed by atoms with Gasteiger partial charge in [-0.15, -0.1) is 0 Å². The number of hydrogen-bond acceptors (Lipinski definition) is 3. The molecule has 0 bridgehead atoms. The molecule has 1 aromatic rings. The van der Waals surface area contributed by atoms with Crippen LogP contribution < -0.4 is 4.90 Å². The molecule has 6 heteroatoms. The van der Waals surface area contributed by atoms with Crippen molar-refractivity contribution in [3.63, 3.8) is 0 Å². The summed E-state index contributed by atoms with van der Waals surface area (Å²) in [4.78, 5) is 13.3. The highest BCUT2D eigenvalue weighted by Crippen LogP contribution is 2.25. The third kappa shape index (κ3) is 2.84. The van der Waals surface area contributed by atoms with Gasteiger partial charge in [-0.2, -0.15) is 0 Å². The minimum atomic E-state index is -3.01. The highest BCUT2D eigenvalue weighted by atomic mass is 35.5. The molecule has 2 rings (SSSR count). The van der Waals surface area contributed by atoms with E-state index in [4.69, 9.17) is 11.6 Å². The number of carbonyl (C=O) groups is 1. The van der Waals surface area contributed by atoms with Gasteiger partial charge in [0.05, 0.1) is 17.5 Å². The minimum Gasteiger partial charge on any atom is -0.309 e. The molecule has 1 saturated heterocycles. The average molecular weight is 288 g/mol. The van der Waals surface area contributed by atoms with Crippen molar-refractivity contribution in [2.24, 2.45) is 0 Å². The van der Waals surface area contributed by atoms with Gasteiger partial charge < -0.3 is 4.90 Å². The third-order valence-corrected chi connectivity index (χ3v) is 5.02. The lowest BCUT2D eigenvalue weighted by atomic mass is 10.2. The Kier molecular flexibility index (Phi) is 3.64. The molecule has 1 aliphatic heterocycles. The van der Waals surface area contributed by atoms with E-state index in [0.29, 0.717) is 17.1 Å². The Hall–Kier alpha value is -1.07. The lowest BCUT2D eigenvalue weighted by molar-refractivity contribution is -0.116. The van der Waals surface area contributed by atoms with E-state index in [1.54, 1.807) is 29.2 Å². The van der Waals surface area contributed by atoms with Crippen molar-refractivity contribution in [1.29, 1.82) is 0 Å². The summed E-state index contributed by atoms with van der Waals surface area (Å²) < 4.78 is 23.0.